The minimum absolute atomic E-state index is 0.0165. The zero-order chi connectivity index (χ0) is 13.8. The van der Waals surface area contributed by atoms with Crippen molar-refractivity contribution in [3.63, 3.8) is 0 Å². The van der Waals surface area contributed by atoms with E-state index in [1.54, 1.807) is 18.2 Å². The van der Waals surface area contributed by atoms with E-state index in [4.69, 9.17) is 0 Å². The molecule has 2 N–H and O–H groups in total. The summed E-state index contributed by atoms with van der Waals surface area (Å²) >= 11 is 0. The number of nitrogens with one attached hydrogen (secondary N) is 1. The van der Waals surface area contributed by atoms with Crippen LogP contribution in [0.25, 0.3) is 10.9 Å². The number of fused-ring (bicyclic) bond motifs is 1. The number of aromatic nitrogens is 1. The quantitative estimate of drug-likeness (QED) is 0.637. The molecule has 0 aliphatic carbocycles. The molecule has 2 aromatic rings. The first-order valence-corrected chi connectivity index (χ1v) is 6.07. The van der Waals surface area contributed by atoms with Crippen LogP contribution in [-0.2, 0) is 0 Å². The second-order valence-electron chi connectivity index (χ2n) is 4.23. The first-order valence-electron chi connectivity index (χ1n) is 6.07. The Bertz CT molecular complexity index is 601. The van der Waals surface area contributed by atoms with Crippen LogP contribution < -0.4 is 5.32 Å². The first kappa shape index (κ1) is 13.2. The van der Waals surface area contributed by atoms with Crippen molar-refractivity contribution in [3.8, 4) is 0 Å². The predicted molar refractivity (Wildman–Crippen MR) is 73.2 cm³/mol. The predicted octanol–water partition coefficient (Wildman–Crippen LogP) is 2.33. The molecule has 0 saturated heterocycles. The second-order valence-corrected chi connectivity index (χ2v) is 4.23. The molecule has 0 fully saturated rings. The number of nitro benzene ring substituents is 1. The maximum Gasteiger partial charge on any atom is 0.295 e. The maximum absolute atomic E-state index is 10.9. The van der Waals surface area contributed by atoms with Crippen LogP contribution in [0.5, 0.6) is 0 Å². The van der Waals surface area contributed by atoms with Gasteiger partial charge in [0.2, 0.25) is 0 Å². The van der Waals surface area contributed by atoms with Gasteiger partial charge in [-0.1, -0.05) is 19.1 Å². The second kappa shape index (κ2) is 5.62. The van der Waals surface area contributed by atoms with Crippen molar-refractivity contribution >= 4 is 22.3 Å². The lowest BCUT2D eigenvalue weighted by molar-refractivity contribution is -0.383. The molecule has 19 heavy (non-hydrogen) atoms. The van der Waals surface area contributed by atoms with Gasteiger partial charge in [0.25, 0.3) is 5.69 Å². The number of aliphatic hydroxyl groups is 1. The molecule has 0 amide bonds. The fraction of sp³-hybridized carbons (Fsp3) is 0.308. The third kappa shape index (κ3) is 2.79. The van der Waals surface area contributed by atoms with E-state index in [9.17, 15) is 15.2 Å². The molecule has 0 spiro atoms. The molecule has 100 valence electrons. The highest BCUT2D eigenvalue weighted by atomic mass is 16.6. The highest BCUT2D eigenvalue weighted by molar-refractivity contribution is 5.96. The number of nitro groups is 1. The van der Waals surface area contributed by atoms with E-state index in [-0.39, 0.29) is 5.69 Å². The van der Waals surface area contributed by atoms with E-state index in [0.717, 1.165) is 5.69 Å². The molecule has 0 aliphatic heterocycles. The molecular weight excluding hydrogens is 246 g/mol. The Hall–Kier alpha value is -2.21. The van der Waals surface area contributed by atoms with E-state index in [0.29, 0.717) is 23.9 Å². The lowest BCUT2D eigenvalue weighted by Crippen LogP contribution is -2.18. The average Bonchev–Trinajstić information content (AvgIpc) is 2.43. The number of hydrogen-bond donors (Lipinski definition) is 2. The van der Waals surface area contributed by atoms with E-state index < -0.39 is 11.0 Å². The van der Waals surface area contributed by atoms with Gasteiger partial charge in [0.05, 0.1) is 11.0 Å². The zero-order valence-electron chi connectivity index (χ0n) is 10.5. The van der Waals surface area contributed by atoms with E-state index >= 15 is 0 Å². The number of non-ortho nitro benzene ring substituents is 1. The molecule has 1 heterocycles. The van der Waals surface area contributed by atoms with Crippen molar-refractivity contribution in [1.29, 1.82) is 0 Å². The summed E-state index contributed by atoms with van der Waals surface area (Å²) in [7, 11) is 0. The summed E-state index contributed by atoms with van der Waals surface area (Å²) in [6.45, 7) is 2.29. The fourth-order valence-corrected chi connectivity index (χ4v) is 1.83. The molecule has 0 saturated carbocycles. The van der Waals surface area contributed by atoms with Gasteiger partial charge in [-0.05, 0) is 12.5 Å². The van der Waals surface area contributed by atoms with Gasteiger partial charge in [0, 0.05) is 29.9 Å². The van der Waals surface area contributed by atoms with Crippen LogP contribution >= 0.6 is 0 Å². The SMILES string of the molecule is CCC(O)CNc1ccnc2c([N+](=O)[O-])cccc12. The van der Waals surface area contributed by atoms with Gasteiger partial charge in [-0.2, -0.15) is 0 Å². The Balaban J connectivity index is 2.40. The van der Waals surface area contributed by atoms with Crippen molar-refractivity contribution in [2.45, 2.75) is 19.4 Å². The maximum atomic E-state index is 10.9. The molecule has 0 radical (unpaired) electrons. The monoisotopic (exact) mass is 261 g/mol. The molecule has 1 aromatic heterocycles. The summed E-state index contributed by atoms with van der Waals surface area (Å²) in [4.78, 5) is 14.6. The third-order valence-corrected chi connectivity index (χ3v) is 2.95. The summed E-state index contributed by atoms with van der Waals surface area (Å²) < 4.78 is 0. The minimum atomic E-state index is -0.444. The van der Waals surface area contributed by atoms with Crippen molar-refractivity contribution < 1.29 is 10.0 Å². The highest BCUT2D eigenvalue weighted by Crippen LogP contribution is 2.28. The number of nitrogens with zero attached hydrogens (tertiary/aromatic N) is 2. The van der Waals surface area contributed by atoms with Crippen molar-refractivity contribution in [2.24, 2.45) is 0 Å². The Morgan fingerprint density at radius 1 is 1.47 bits per heavy atom. The van der Waals surface area contributed by atoms with Gasteiger partial charge in [0.1, 0.15) is 5.52 Å². The van der Waals surface area contributed by atoms with E-state index in [2.05, 4.69) is 10.3 Å². The molecule has 1 aromatic carbocycles. The smallest absolute Gasteiger partial charge is 0.295 e. The van der Waals surface area contributed by atoms with Crippen LogP contribution in [0.15, 0.2) is 30.5 Å². The number of para-hydroxylation sites is 1. The summed E-state index contributed by atoms with van der Waals surface area (Å²) in [5.74, 6) is 0. The molecule has 1 atom stereocenters. The Morgan fingerprint density at radius 2 is 2.26 bits per heavy atom. The topological polar surface area (TPSA) is 88.3 Å². The van der Waals surface area contributed by atoms with Gasteiger partial charge in [-0.25, -0.2) is 4.98 Å². The lowest BCUT2D eigenvalue weighted by atomic mass is 10.1. The minimum Gasteiger partial charge on any atom is -0.391 e. The average molecular weight is 261 g/mol. The molecule has 6 nitrogen and oxygen atoms in total. The van der Waals surface area contributed by atoms with E-state index in [1.165, 1.54) is 12.3 Å². The highest BCUT2D eigenvalue weighted by Gasteiger charge is 2.14. The molecule has 0 aliphatic rings. The largest absolute Gasteiger partial charge is 0.391 e. The Kier molecular flexibility index (Phi) is 3.91. The van der Waals surface area contributed by atoms with Gasteiger partial charge < -0.3 is 10.4 Å². The Labute approximate surface area is 110 Å². The number of anilines is 1. The normalized spacial score (nSPS) is 12.3. The van der Waals surface area contributed by atoms with Crippen molar-refractivity contribution in [2.75, 3.05) is 11.9 Å². The van der Waals surface area contributed by atoms with Gasteiger partial charge in [-0.3, -0.25) is 10.1 Å². The van der Waals surface area contributed by atoms with Gasteiger partial charge in [-0.15, -0.1) is 0 Å². The van der Waals surface area contributed by atoms with Gasteiger partial charge in [0.15, 0.2) is 0 Å². The van der Waals surface area contributed by atoms with Crippen LogP contribution in [0.2, 0.25) is 0 Å². The summed E-state index contributed by atoms with van der Waals surface area (Å²) in [6.07, 6.45) is 1.73. The van der Waals surface area contributed by atoms with Gasteiger partial charge >= 0.3 is 0 Å². The van der Waals surface area contributed by atoms with Crippen LogP contribution in [0.4, 0.5) is 11.4 Å². The van der Waals surface area contributed by atoms with Crippen molar-refractivity contribution in [3.05, 3.63) is 40.6 Å². The van der Waals surface area contributed by atoms with Crippen LogP contribution in [0.1, 0.15) is 13.3 Å². The number of aliphatic hydroxyl groups excluding tert-OH is 1. The number of benzene rings is 1. The van der Waals surface area contributed by atoms with Crippen LogP contribution in [0, 0.1) is 10.1 Å². The third-order valence-electron chi connectivity index (χ3n) is 2.95. The molecular formula is C13H15N3O3. The molecule has 0 bridgehead atoms. The van der Waals surface area contributed by atoms with Crippen LogP contribution in [-0.4, -0.2) is 27.7 Å². The molecule has 2 rings (SSSR count). The molecule has 1 unspecified atom stereocenters. The standard InChI is InChI=1S/C13H15N3O3/c1-2-9(17)8-15-11-6-7-14-13-10(11)4-3-5-12(13)16(18)19/h3-7,9,17H,2,8H2,1H3,(H,14,15). The summed E-state index contributed by atoms with van der Waals surface area (Å²) in [6, 6.07) is 6.58. The fourth-order valence-electron chi connectivity index (χ4n) is 1.83. The number of pyridine rings is 1. The summed E-state index contributed by atoms with van der Waals surface area (Å²) in [5.41, 5.74) is 1.07. The first-order chi connectivity index (χ1) is 9.13. The van der Waals surface area contributed by atoms with Crippen LogP contribution in [0.3, 0.4) is 0 Å². The zero-order valence-corrected chi connectivity index (χ0v) is 10.5. The number of hydrogen-bond acceptors (Lipinski definition) is 5. The molecule has 6 heteroatoms. The summed E-state index contributed by atoms with van der Waals surface area (Å²) in [5, 5.41) is 24.3. The van der Waals surface area contributed by atoms with E-state index in [1.807, 2.05) is 6.92 Å². The Morgan fingerprint density at radius 3 is 2.95 bits per heavy atom. The lowest BCUT2D eigenvalue weighted by Gasteiger charge is -2.12. The van der Waals surface area contributed by atoms with Crippen molar-refractivity contribution in [1.82, 2.24) is 4.98 Å². The number of rotatable bonds is 5.